The number of carbonyl (C=O) groups excluding carboxylic acids is 1. The Morgan fingerprint density at radius 3 is 2.94 bits per heavy atom. The van der Waals surface area contributed by atoms with Gasteiger partial charge in [-0.2, -0.15) is 5.06 Å². The van der Waals surface area contributed by atoms with Crippen LogP contribution in [-0.2, 0) is 16.2 Å². The molecular weight excluding hydrogens is 230 g/mol. The fraction of sp³-hybridized carbons (Fsp3) is 0.231. The molecule has 0 saturated carbocycles. The van der Waals surface area contributed by atoms with Gasteiger partial charge in [-0.15, -0.1) is 0 Å². The Kier molecular flexibility index (Phi) is 2.82. The molecule has 0 saturated heterocycles. The number of hydrogen-bond acceptors (Lipinski definition) is 4. The minimum absolute atomic E-state index is 0.0363. The van der Waals surface area contributed by atoms with E-state index in [-0.39, 0.29) is 5.91 Å². The number of fused-ring (bicyclic) bond motifs is 1. The Bertz CT molecular complexity index is 510. The standard InChI is InChI=1S/C13H13N3O2/c17-12-6-8-16(13-14-7-9-15(12)13)18-10-11-4-2-1-3-5-11/h1-6,8H,7,9-10H2. The van der Waals surface area contributed by atoms with E-state index in [2.05, 4.69) is 4.99 Å². The molecule has 0 radical (unpaired) electrons. The van der Waals surface area contributed by atoms with Crippen LogP contribution < -0.4 is 0 Å². The third-order valence-electron chi connectivity index (χ3n) is 2.85. The van der Waals surface area contributed by atoms with Gasteiger partial charge >= 0.3 is 0 Å². The zero-order valence-corrected chi connectivity index (χ0v) is 9.82. The highest BCUT2D eigenvalue weighted by atomic mass is 16.7. The number of aliphatic imine (C=N–C) groups is 1. The third kappa shape index (κ3) is 2.00. The average molecular weight is 243 g/mol. The second kappa shape index (κ2) is 4.62. The van der Waals surface area contributed by atoms with E-state index in [1.807, 2.05) is 30.3 Å². The molecule has 1 aromatic rings. The predicted molar refractivity (Wildman–Crippen MR) is 66.2 cm³/mol. The second-order valence-electron chi connectivity index (χ2n) is 4.07. The number of nitrogens with zero attached hydrogens (tertiary/aromatic N) is 3. The van der Waals surface area contributed by atoms with E-state index in [1.165, 1.54) is 6.08 Å². The summed E-state index contributed by atoms with van der Waals surface area (Å²) < 4.78 is 0. The first-order chi connectivity index (χ1) is 8.84. The van der Waals surface area contributed by atoms with Gasteiger partial charge in [-0.05, 0) is 5.56 Å². The van der Waals surface area contributed by atoms with Crippen LogP contribution in [0.5, 0.6) is 0 Å². The summed E-state index contributed by atoms with van der Waals surface area (Å²) in [7, 11) is 0. The topological polar surface area (TPSA) is 45.1 Å². The van der Waals surface area contributed by atoms with Gasteiger partial charge in [0.1, 0.15) is 6.61 Å². The highest BCUT2D eigenvalue weighted by Crippen LogP contribution is 2.15. The molecule has 5 nitrogen and oxygen atoms in total. The van der Waals surface area contributed by atoms with Gasteiger partial charge in [0.25, 0.3) is 5.91 Å². The smallest absolute Gasteiger partial charge is 0.254 e. The maximum Gasteiger partial charge on any atom is 0.254 e. The van der Waals surface area contributed by atoms with Gasteiger partial charge in [-0.1, -0.05) is 30.3 Å². The molecule has 2 aliphatic heterocycles. The van der Waals surface area contributed by atoms with Crippen LogP contribution >= 0.6 is 0 Å². The molecule has 0 bridgehead atoms. The van der Waals surface area contributed by atoms with Gasteiger partial charge in [0.05, 0.1) is 6.54 Å². The highest BCUT2D eigenvalue weighted by Gasteiger charge is 2.30. The van der Waals surface area contributed by atoms with Crippen LogP contribution in [0.25, 0.3) is 0 Å². The van der Waals surface area contributed by atoms with Crippen molar-refractivity contribution in [2.75, 3.05) is 13.1 Å². The number of hydrogen-bond donors (Lipinski definition) is 0. The average Bonchev–Trinajstić information content (AvgIpc) is 2.90. The van der Waals surface area contributed by atoms with Crippen molar-refractivity contribution < 1.29 is 9.63 Å². The molecule has 2 heterocycles. The van der Waals surface area contributed by atoms with Gasteiger partial charge in [-0.3, -0.25) is 14.5 Å². The molecule has 0 fully saturated rings. The van der Waals surface area contributed by atoms with Crippen molar-refractivity contribution in [2.24, 2.45) is 4.99 Å². The van der Waals surface area contributed by atoms with Crippen molar-refractivity contribution in [3.63, 3.8) is 0 Å². The van der Waals surface area contributed by atoms with Crippen molar-refractivity contribution in [3.05, 3.63) is 48.2 Å². The summed E-state index contributed by atoms with van der Waals surface area (Å²) in [5.74, 6) is 0.546. The molecule has 18 heavy (non-hydrogen) atoms. The summed E-state index contributed by atoms with van der Waals surface area (Å²) in [4.78, 5) is 23.1. The van der Waals surface area contributed by atoms with Crippen molar-refractivity contribution in [1.82, 2.24) is 9.96 Å². The summed E-state index contributed by atoms with van der Waals surface area (Å²) in [5, 5.41) is 1.56. The van der Waals surface area contributed by atoms with Crippen LogP contribution in [-0.4, -0.2) is 34.9 Å². The monoisotopic (exact) mass is 243 g/mol. The van der Waals surface area contributed by atoms with Crippen LogP contribution in [0.1, 0.15) is 5.56 Å². The number of hydroxylamine groups is 2. The Morgan fingerprint density at radius 2 is 2.11 bits per heavy atom. The van der Waals surface area contributed by atoms with Gasteiger partial charge in [0, 0.05) is 18.8 Å². The normalized spacial score (nSPS) is 18.0. The summed E-state index contributed by atoms with van der Waals surface area (Å²) >= 11 is 0. The van der Waals surface area contributed by atoms with Crippen LogP contribution in [0.4, 0.5) is 0 Å². The summed E-state index contributed by atoms with van der Waals surface area (Å²) in [6.07, 6.45) is 3.11. The van der Waals surface area contributed by atoms with Crippen LogP contribution in [0.3, 0.4) is 0 Å². The van der Waals surface area contributed by atoms with Gasteiger partial charge in [0.15, 0.2) is 0 Å². The van der Waals surface area contributed by atoms with Gasteiger partial charge < -0.3 is 0 Å². The van der Waals surface area contributed by atoms with E-state index in [4.69, 9.17) is 4.84 Å². The lowest BCUT2D eigenvalue weighted by Crippen LogP contribution is -2.45. The van der Waals surface area contributed by atoms with Crippen LogP contribution in [0, 0.1) is 0 Å². The van der Waals surface area contributed by atoms with E-state index in [0.717, 1.165) is 5.56 Å². The summed E-state index contributed by atoms with van der Waals surface area (Å²) in [5.41, 5.74) is 1.08. The summed E-state index contributed by atoms with van der Waals surface area (Å²) in [6.45, 7) is 1.71. The fourth-order valence-electron chi connectivity index (χ4n) is 1.94. The van der Waals surface area contributed by atoms with Crippen molar-refractivity contribution in [3.8, 4) is 0 Å². The molecule has 0 N–H and O–H groups in total. The molecule has 0 spiro atoms. The first-order valence-corrected chi connectivity index (χ1v) is 5.85. The van der Waals surface area contributed by atoms with E-state index < -0.39 is 0 Å². The molecule has 92 valence electrons. The minimum Gasteiger partial charge on any atom is -0.275 e. The molecule has 0 aromatic heterocycles. The molecule has 0 aliphatic carbocycles. The van der Waals surface area contributed by atoms with Crippen molar-refractivity contribution in [2.45, 2.75) is 6.61 Å². The summed E-state index contributed by atoms with van der Waals surface area (Å²) in [6, 6.07) is 9.88. The molecule has 2 aliphatic rings. The van der Waals surface area contributed by atoms with E-state index in [1.54, 1.807) is 16.2 Å². The predicted octanol–water partition coefficient (Wildman–Crippen LogP) is 1.15. The molecule has 1 aromatic carbocycles. The van der Waals surface area contributed by atoms with Crippen LogP contribution in [0.15, 0.2) is 47.6 Å². The first-order valence-electron chi connectivity index (χ1n) is 5.85. The minimum atomic E-state index is -0.0363. The lowest BCUT2D eigenvalue weighted by molar-refractivity contribution is -0.128. The highest BCUT2D eigenvalue weighted by molar-refractivity contribution is 6.05. The zero-order valence-electron chi connectivity index (χ0n) is 9.82. The third-order valence-corrected chi connectivity index (χ3v) is 2.85. The SMILES string of the molecule is O=C1C=CN(OCc2ccccc2)C2=NCCN12. The Morgan fingerprint density at radius 1 is 1.28 bits per heavy atom. The maximum absolute atomic E-state index is 11.6. The number of rotatable bonds is 3. The lowest BCUT2D eigenvalue weighted by Gasteiger charge is -2.28. The Balaban J connectivity index is 1.70. The largest absolute Gasteiger partial charge is 0.275 e. The molecule has 0 unspecified atom stereocenters. The molecular formula is C13H13N3O2. The van der Waals surface area contributed by atoms with E-state index in [0.29, 0.717) is 25.7 Å². The number of benzene rings is 1. The Hall–Kier alpha value is -2.14. The fourth-order valence-corrected chi connectivity index (χ4v) is 1.94. The zero-order chi connectivity index (χ0) is 12.4. The first kappa shape index (κ1) is 11.0. The maximum atomic E-state index is 11.6. The molecule has 1 amide bonds. The molecule has 0 atom stereocenters. The van der Waals surface area contributed by atoms with Crippen LogP contribution in [0.2, 0.25) is 0 Å². The van der Waals surface area contributed by atoms with E-state index >= 15 is 0 Å². The second-order valence-corrected chi connectivity index (χ2v) is 4.07. The lowest BCUT2D eigenvalue weighted by atomic mass is 10.2. The van der Waals surface area contributed by atoms with E-state index in [9.17, 15) is 4.79 Å². The molecule has 5 heteroatoms. The molecule has 3 rings (SSSR count). The Labute approximate surface area is 105 Å². The van der Waals surface area contributed by atoms with Gasteiger partial charge in [-0.25, -0.2) is 4.99 Å². The van der Waals surface area contributed by atoms with Crippen molar-refractivity contribution in [1.29, 1.82) is 0 Å². The quantitative estimate of drug-likeness (QED) is 0.800. The number of amides is 1. The number of guanidine groups is 1. The number of carbonyl (C=O) groups is 1. The van der Waals surface area contributed by atoms with Crippen molar-refractivity contribution >= 4 is 11.9 Å². The van der Waals surface area contributed by atoms with Gasteiger partial charge in [0.2, 0.25) is 5.96 Å².